The van der Waals surface area contributed by atoms with Gasteiger partial charge in [-0.15, -0.1) is 0 Å². The lowest BCUT2D eigenvalue weighted by Gasteiger charge is -2.19. The molecule has 1 atom stereocenters. The molecule has 0 rings (SSSR count). The van der Waals surface area contributed by atoms with Gasteiger partial charge in [0.2, 0.25) is 5.91 Å². The van der Waals surface area contributed by atoms with Gasteiger partial charge in [0.25, 0.3) is 0 Å². The van der Waals surface area contributed by atoms with Crippen molar-refractivity contribution >= 4 is 12.0 Å². The molecule has 0 fully saturated rings. The van der Waals surface area contributed by atoms with Crippen LogP contribution in [0.5, 0.6) is 0 Å². The minimum absolute atomic E-state index is 0.179. The zero-order valence-corrected chi connectivity index (χ0v) is 18.8. The molecule has 0 bridgehead atoms. The van der Waals surface area contributed by atoms with Crippen molar-refractivity contribution in [1.29, 1.82) is 0 Å². The standard InChI is InChI=1S/C17H36N4O6.C2H6/c1-17(2,3)27-16(23)21-26-13-12-25-11-10-24-9-8-20-15(22)14(19)6-4-5-7-18;1-2/h14H,4-13,18-19H2,1-3H3,(H,20,22)(H,21,23);1-2H3. The summed E-state index contributed by atoms with van der Waals surface area (Å²) < 4.78 is 15.6. The summed E-state index contributed by atoms with van der Waals surface area (Å²) in [5, 5.41) is 2.72. The lowest BCUT2D eigenvalue weighted by Crippen LogP contribution is -2.41. The molecular weight excluding hydrogens is 380 g/mol. The highest BCUT2D eigenvalue weighted by atomic mass is 16.7. The molecule has 0 aliphatic rings. The fourth-order valence-electron chi connectivity index (χ4n) is 1.85. The first kappa shape index (κ1) is 29.7. The lowest BCUT2D eigenvalue weighted by atomic mass is 10.1. The van der Waals surface area contributed by atoms with Crippen molar-refractivity contribution in [2.24, 2.45) is 11.5 Å². The highest BCUT2D eigenvalue weighted by Gasteiger charge is 2.15. The van der Waals surface area contributed by atoms with Crippen molar-refractivity contribution in [3.63, 3.8) is 0 Å². The summed E-state index contributed by atoms with van der Waals surface area (Å²) >= 11 is 0. The highest BCUT2D eigenvalue weighted by molar-refractivity contribution is 5.81. The Kier molecular flexibility index (Phi) is 20.3. The molecule has 2 amide bonds. The van der Waals surface area contributed by atoms with Crippen LogP contribution >= 0.6 is 0 Å². The summed E-state index contributed by atoms with van der Waals surface area (Å²) in [5.74, 6) is -0.179. The van der Waals surface area contributed by atoms with Crippen LogP contribution in [0, 0.1) is 0 Å². The molecule has 10 heteroatoms. The van der Waals surface area contributed by atoms with Crippen LogP contribution in [0.4, 0.5) is 4.79 Å². The Morgan fingerprint density at radius 2 is 1.55 bits per heavy atom. The van der Waals surface area contributed by atoms with Crippen LogP contribution in [0.2, 0.25) is 0 Å². The summed E-state index contributed by atoms with van der Waals surface area (Å²) in [5.41, 5.74) is 12.8. The normalized spacial score (nSPS) is 11.8. The summed E-state index contributed by atoms with van der Waals surface area (Å²) in [6.07, 6.45) is 1.69. The van der Waals surface area contributed by atoms with Crippen LogP contribution in [-0.2, 0) is 23.8 Å². The number of unbranched alkanes of at least 4 members (excludes halogenated alkanes) is 1. The number of nitrogens with two attached hydrogens (primary N) is 2. The molecule has 0 heterocycles. The quantitative estimate of drug-likeness (QED) is 0.226. The number of ether oxygens (including phenoxy) is 3. The van der Waals surface area contributed by atoms with Gasteiger partial charge in [0.1, 0.15) is 5.60 Å². The smallest absolute Gasteiger partial charge is 0.431 e. The van der Waals surface area contributed by atoms with E-state index in [1.807, 2.05) is 13.8 Å². The van der Waals surface area contributed by atoms with Crippen LogP contribution in [0.1, 0.15) is 53.9 Å². The number of rotatable bonds is 15. The van der Waals surface area contributed by atoms with Crippen molar-refractivity contribution < 1.29 is 28.6 Å². The van der Waals surface area contributed by atoms with Crippen LogP contribution in [0.15, 0.2) is 0 Å². The Hall–Kier alpha value is -1.46. The fraction of sp³-hybridized carbons (Fsp3) is 0.895. The molecule has 0 aliphatic heterocycles. The largest absolute Gasteiger partial charge is 0.442 e. The molecule has 10 nitrogen and oxygen atoms in total. The highest BCUT2D eigenvalue weighted by Crippen LogP contribution is 2.06. The number of hydrogen-bond acceptors (Lipinski definition) is 8. The number of carbonyl (C=O) groups excluding carboxylic acids is 2. The van der Waals surface area contributed by atoms with Gasteiger partial charge in [-0.25, -0.2) is 4.79 Å². The summed E-state index contributed by atoms with van der Waals surface area (Å²) in [4.78, 5) is 27.9. The Morgan fingerprint density at radius 3 is 2.14 bits per heavy atom. The van der Waals surface area contributed by atoms with E-state index in [0.29, 0.717) is 45.9 Å². The van der Waals surface area contributed by atoms with Crippen LogP contribution in [-0.4, -0.2) is 69.8 Å². The molecule has 174 valence electrons. The number of hydroxylamine groups is 1. The first-order chi connectivity index (χ1) is 13.8. The number of amides is 2. The minimum atomic E-state index is -0.646. The molecule has 0 aromatic heterocycles. The van der Waals surface area contributed by atoms with E-state index in [1.54, 1.807) is 20.8 Å². The maximum atomic E-state index is 11.7. The Labute approximate surface area is 175 Å². The molecule has 0 aliphatic carbocycles. The second-order valence-corrected chi connectivity index (χ2v) is 6.86. The van der Waals surface area contributed by atoms with E-state index < -0.39 is 17.7 Å². The van der Waals surface area contributed by atoms with Crippen molar-refractivity contribution in [3.8, 4) is 0 Å². The molecule has 0 radical (unpaired) electrons. The average molecular weight is 423 g/mol. The third kappa shape index (κ3) is 22.7. The molecule has 0 saturated heterocycles. The summed E-state index contributed by atoms with van der Waals surface area (Å²) in [6, 6.07) is -0.505. The molecule has 6 N–H and O–H groups in total. The maximum Gasteiger partial charge on any atom is 0.431 e. The third-order valence-electron chi connectivity index (χ3n) is 3.11. The SMILES string of the molecule is CC.CC(C)(C)OC(=O)NOCCOCCOCCNC(=O)C(N)CCCCN. The molecule has 0 aromatic carbocycles. The van der Waals surface area contributed by atoms with Gasteiger partial charge >= 0.3 is 6.09 Å². The predicted molar refractivity (Wildman–Crippen MR) is 112 cm³/mol. The van der Waals surface area contributed by atoms with Gasteiger partial charge in [0.15, 0.2) is 0 Å². The van der Waals surface area contributed by atoms with Crippen LogP contribution in [0.3, 0.4) is 0 Å². The lowest BCUT2D eigenvalue weighted by molar-refractivity contribution is -0.122. The van der Waals surface area contributed by atoms with Crippen LogP contribution < -0.4 is 22.3 Å². The van der Waals surface area contributed by atoms with Crippen molar-refractivity contribution in [2.45, 2.75) is 65.5 Å². The van der Waals surface area contributed by atoms with Crippen LogP contribution in [0.25, 0.3) is 0 Å². The number of carbonyl (C=O) groups is 2. The van der Waals surface area contributed by atoms with E-state index >= 15 is 0 Å². The molecule has 1 unspecified atom stereocenters. The molecule has 0 aromatic rings. The van der Waals surface area contributed by atoms with E-state index in [-0.39, 0.29) is 12.5 Å². The zero-order chi connectivity index (χ0) is 22.5. The van der Waals surface area contributed by atoms with Gasteiger partial charge in [-0.05, 0) is 40.2 Å². The topological polar surface area (TPSA) is 147 Å². The van der Waals surface area contributed by atoms with Gasteiger partial charge in [0.05, 0.1) is 39.1 Å². The van der Waals surface area contributed by atoms with Crippen molar-refractivity contribution in [2.75, 3.05) is 46.1 Å². The van der Waals surface area contributed by atoms with Gasteiger partial charge in [-0.1, -0.05) is 20.3 Å². The van der Waals surface area contributed by atoms with E-state index in [9.17, 15) is 9.59 Å². The second-order valence-electron chi connectivity index (χ2n) is 6.86. The zero-order valence-electron chi connectivity index (χ0n) is 18.8. The third-order valence-corrected chi connectivity index (χ3v) is 3.11. The first-order valence-electron chi connectivity index (χ1n) is 10.3. The second kappa shape index (κ2) is 19.8. The Morgan fingerprint density at radius 1 is 0.966 bits per heavy atom. The van der Waals surface area contributed by atoms with Crippen molar-refractivity contribution in [1.82, 2.24) is 10.8 Å². The summed E-state index contributed by atoms with van der Waals surface area (Å²) in [7, 11) is 0. The number of hydrogen-bond donors (Lipinski definition) is 4. The molecule has 29 heavy (non-hydrogen) atoms. The Balaban J connectivity index is 0. The average Bonchev–Trinajstić information content (AvgIpc) is 2.66. The first-order valence-corrected chi connectivity index (χ1v) is 10.3. The van der Waals surface area contributed by atoms with E-state index in [4.69, 9.17) is 30.5 Å². The maximum absolute atomic E-state index is 11.7. The number of nitrogens with one attached hydrogen (secondary N) is 2. The minimum Gasteiger partial charge on any atom is -0.442 e. The van der Waals surface area contributed by atoms with E-state index in [1.165, 1.54) is 0 Å². The van der Waals surface area contributed by atoms with Gasteiger partial charge in [-0.2, -0.15) is 5.48 Å². The molecule has 0 spiro atoms. The van der Waals surface area contributed by atoms with Gasteiger partial charge < -0.3 is 31.0 Å². The van der Waals surface area contributed by atoms with Crippen molar-refractivity contribution in [3.05, 3.63) is 0 Å². The molecule has 0 saturated carbocycles. The summed E-state index contributed by atoms with van der Waals surface area (Å²) in [6.45, 7) is 11.9. The monoisotopic (exact) mass is 422 g/mol. The fourth-order valence-corrected chi connectivity index (χ4v) is 1.85. The Bertz CT molecular complexity index is 405. The van der Waals surface area contributed by atoms with Gasteiger partial charge in [-0.3, -0.25) is 9.63 Å². The molecular formula is C19H42N4O6. The predicted octanol–water partition coefficient (Wildman–Crippen LogP) is 1.07. The van der Waals surface area contributed by atoms with E-state index in [2.05, 4.69) is 10.8 Å². The van der Waals surface area contributed by atoms with E-state index in [0.717, 1.165) is 12.8 Å². The van der Waals surface area contributed by atoms with Gasteiger partial charge in [0, 0.05) is 6.54 Å².